The smallest absolute Gasteiger partial charge is 0.327 e. The van der Waals surface area contributed by atoms with E-state index in [2.05, 4.69) is 5.32 Å². The summed E-state index contributed by atoms with van der Waals surface area (Å²) in [4.78, 5) is 40.9. The van der Waals surface area contributed by atoms with Gasteiger partial charge in [0, 0.05) is 17.1 Å². The Balaban J connectivity index is 1.42. The predicted molar refractivity (Wildman–Crippen MR) is 168 cm³/mol. The molecule has 3 amide bonds. The van der Waals surface area contributed by atoms with Crippen molar-refractivity contribution in [2.24, 2.45) is 0 Å². The third-order valence-electron chi connectivity index (χ3n) is 6.98. The van der Waals surface area contributed by atoms with Gasteiger partial charge in [-0.25, -0.2) is 14.0 Å². The van der Waals surface area contributed by atoms with Crippen LogP contribution in [0.25, 0.3) is 21.9 Å². The van der Waals surface area contributed by atoms with E-state index in [4.69, 9.17) is 0 Å². The summed E-state index contributed by atoms with van der Waals surface area (Å²) in [5.41, 5.74) is 3.40. The van der Waals surface area contributed by atoms with Gasteiger partial charge in [-0.1, -0.05) is 97.1 Å². The van der Waals surface area contributed by atoms with Gasteiger partial charge in [-0.2, -0.15) is 11.8 Å². The van der Waals surface area contributed by atoms with E-state index in [0.29, 0.717) is 16.9 Å². The molecular weight excluding hydrogens is 563 g/mol. The van der Waals surface area contributed by atoms with Crippen LogP contribution in [0.3, 0.4) is 0 Å². The van der Waals surface area contributed by atoms with Crippen molar-refractivity contribution in [2.45, 2.75) is 18.3 Å². The van der Waals surface area contributed by atoms with E-state index in [1.807, 2.05) is 72.8 Å². The zero-order valence-electron chi connectivity index (χ0n) is 23.2. The lowest BCUT2D eigenvalue weighted by Crippen LogP contribution is -2.50. The minimum atomic E-state index is -1.21. The van der Waals surface area contributed by atoms with Gasteiger partial charge < -0.3 is 10.4 Å². The van der Waals surface area contributed by atoms with Gasteiger partial charge in [-0.05, 0) is 57.3 Å². The van der Waals surface area contributed by atoms with Crippen molar-refractivity contribution >= 4 is 40.4 Å². The van der Waals surface area contributed by atoms with E-state index < -0.39 is 23.9 Å². The molecule has 5 aromatic carbocycles. The molecule has 0 aromatic heterocycles. The number of carboxylic acids is 1. The number of urea groups is 1. The Morgan fingerprint density at radius 3 is 2.26 bits per heavy atom. The summed E-state index contributed by atoms with van der Waals surface area (Å²) in [6.07, 6.45) is 0. The zero-order chi connectivity index (χ0) is 30.2. The fraction of sp³-hybridized carbons (Fsp3) is 0.114. The number of hydrogen-bond donors (Lipinski definition) is 2. The van der Waals surface area contributed by atoms with Gasteiger partial charge in [0.2, 0.25) is 0 Å². The minimum absolute atomic E-state index is 0.0731. The third kappa shape index (κ3) is 7.47. The molecule has 5 aromatic rings. The first-order valence-corrected chi connectivity index (χ1v) is 14.8. The van der Waals surface area contributed by atoms with Crippen LogP contribution >= 0.6 is 11.8 Å². The van der Waals surface area contributed by atoms with Crippen LogP contribution in [0.1, 0.15) is 21.5 Å². The lowest BCUT2D eigenvalue weighted by molar-refractivity contribution is -0.138. The quantitative estimate of drug-likeness (QED) is 0.177. The van der Waals surface area contributed by atoms with Crippen LogP contribution in [0.15, 0.2) is 121 Å². The first-order valence-electron chi connectivity index (χ1n) is 13.7. The molecule has 0 unspecified atom stereocenters. The van der Waals surface area contributed by atoms with Gasteiger partial charge in [0.25, 0.3) is 5.91 Å². The van der Waals surface area contributed by atoms with Crippen molar-refractivity contribution in [1.82, 2.24) is 10.2 Å². The van der Waals surface area contributed by atoms with Crippen LogP contribution in [0.5, 0.6) is 0 Å². The molecule has 0 aliphatic carbocycles. The summed E-state index contributed by atoms with van der Waals surface area (Å²) in [5.74, 6) is -1.45. The molecule has 216 valence electrons. The summed E-state index contributed by atoms with van der Waals surface area (Å²) in [6, 6.07) is 33.6. The molecule has 1 atom stereocenters. The third-order valence-corrected chi connectivity index (χ3v) is 8.08. The van der Waals surface area contributed by atoms with Crippen LogP contribution < -0.4 is 5.32 Å². The Morgan fingerprint density at radius 1 is 0.791 bits per heavy atom. The van der Waals surface area contributed by atoms with Crippen LogP contribution in [0, 0.1) is 5.82 Å². The number of nitrogens with one attached hydrogen (secondary N) is 1. The first kappa shape index (κ1) is 29.5. The maximum atomic E-state index is 14.0. The topological polar surface area (TPSA) is 86.7 Å². The monoisotopic (exact) mass is 592 g/mol. The van der Waals surface area contributed by atoms with Crippen LogP contribution in [-0.4, -0.2) is 39.7 Å². The van der Waals surface area contributed by atoms with E-state index in [9.17, 15) is 23.9 Å². The molecule has 0 heterocycles. The van der Waals surface area contributed by atoms with Crippen molar-refractivity contribution in [1.29, 1.82) is 0 Å². The number of carbonyl (C=O) groups is 3. The highest BCUT2D eigenvalue weighted by atomic mass is 32.2. The molecule has 8 heteroatoms. The number of fused-ring (bicyclic) bond motifs is 1. The Morgan fingerprint density at radius 2 is 1.49 bits per heavy atom. The Bertz CT molecular complexity index is 1740. The number of carboxylic acid groups (broad SMARTS) is 1. The average Bonchev–Trinajstić information content (AvgIpc) is 3.03. The summed E-state index contributed by atoms with van der Waals surface area (Å²) in [7, 11) is 0. The molecule has 2 N–H and O–H groups in total. The van der Waals surface area contributed by atoms with Gasteiger partial charge in [0.05, 0.1) is 6.54 Å². The minimum Gasteiger partial charge on any atom is -0.480 e. The predicted octanol–water partition coefficient (Wildman–Crippen LogP) is 7.38. The summed E-state index contributed by atoms with van der Waals surface area (Å²) >= 11 is 1.38. The number of nitrogens with zero attached hydrogens (tertiary/aromatic N) is 1. The van der Waals surface area contributed by atoms with E-state index >= 15 is 0 Å². The van der Waals surface area contributed by atoms with Gasteiger partial charge in [-0.3, -0.25) is 9.69 Å². The number of hydrogen-bond acceptors (Lipinski definition) is 4. The van der Waals surface area contributed by atoms with E-state index in [-0.39, 0.29) is 23.7 Å². The van der Waals surface area contributed by atoms with Crippen LogP contribution in [-0.2, 0) is 17.1 Å². The molecule has 0 saturated heterocycles. The maximum Gasteiger partial charge on any atom is 0.327 e. The second kappa shape index (κ2) is 13.8. The first-order chi connectivity index (χ1) is 20.9. The number of amides is 3. The number of carbonyl (C=O) groups excluding carboxylic acids is 2. The summed E-state index contributed by atoms with van der Waals surface area (Å²) in [6.45, 7) is -0.0731. The van der Waals surface area contributed by atoms with E-state index in [0.717, 1.165) is 26.8 Å². The molecule has 6 nitrogen and oxygen atoms in total. The second-order valence-corrected chi connectivity index (χ2v) is 11.0. The molecule has 0 spiro atoms. The molecule has 0 radical (unpaired) electrons. The van der Waals surface area contributed by atoms with Crippen molar-refractivity contribution in [3.05, 3.63) is 144 Å². The SMILES string of the molecule is O=C(O)[C@H](CSCc1ccccc1)NC(=O)N(Cc1cccc2ccccc12)C(=O)c1cccc(-c2ccc(F)cc2)c1. The van der Waals surface area contributed by atoms with Crippen LogP contribution in [0.2, 0.25) is 0 Å². The fourth-order valence-corrected chi connectivity index (χ4v) is 5.74. The van der Waals surface area contributed by atoms with Crippen LogP contribution in [0.4, 0.5) is 9.18 Å². The number of halogens is 1. The van der Waals surface area contributed by atoms with Crippen molar-refractivity contribution < 1.29 is 23.9 Å². The van der Waals surface area contributed by atoms with Crippen molar-refractivity contribution in [3.63, 3.8) is 0 Å². The fourth-order valence-electron chi connectivity index (χ4n) is 4.74. The largest absolute Gasteiger partial charge is 0.480 e. The second-order valence-electron chi connectivity index (χ2n) is 9.96. The number of rotatable bonds is 10. The number of imide groups is 1. The van der Waals surface area contributed by atoms with Gasteiger partial charge in [0.15, 0.2) is 0 Å². The highest BCUT2D eigenvalue weighted by molar-refractivity contribution is 7.98. The molecule has 0 saturated carbocycles. The van der Waals surface area contributed by atoms with Gasteiger partial charge in [-0.15, -0.1) is 0 Å². The standard InChI is InChI=1S/C35H29FN2O4S/c36-30-18-16-25(17-19-30)27-12-7-13-28(20-27)33(39)38(21-29-14-6-11-26-10-4-5-15-31(26)29)35(42)37-32(34(40)41)23-43-22-24-8-2-1-3-9-24/h1-20,32H,21-23H2,(H,37,42)(H,40,41)/t32-/m0/s1. The average molecular weight is 593 g/mol. The Kier molecular flexibility index (Phi) is 9.49. The molecule has 0 fully saturated rings. The highest BCUT2D eigenvalue weighted by Gasteiger charge is 2.28. The Labute approximate surface area is 253 Å². The van der Waals surface area contributed by atoms with E-state index in [1.165, 1.54) is 23.9 Å². The molecule has 5 rings (SSSR count). The maximum absolute atomic E-state index is 14.0. The number of benzene rings is 5. The molecular formula is C35H29FN2O4S. The normalized spacial score (nSPS) is 11.6. The number of thioether (sulfide) groups is 1. The van der Waals surface area contributed by atoms with Gasteiger partial charge in [0.1, 0.15) is 11.9 Å². The Hall–Kier alpha value is -4.95. The highest BCUT2D eigenvalue weighted by Crippen LogP contribution is 2.24. The van der Waals surface area contributed by atoms with Crippen molar-refractivity contribution in [3.8, 4) is 11.1 Å². The lowest BCUT2D eigenvalue weighted by atomic mass is 10.0. The molecule has 43 heavy (non-hydrogen) atoms. The van der Waals surface area contributed by atoms with Crippen molar-refractivity contribution in [2.75, 3.05) is 5.75 Å². The zero-order valence-corrected chi connectivity index (χ0v) is 24.0. The van der Waals surface area contributed by atoms with Gasteiger partial charge >= 0.3 is 12.0 Å². The number of aliphatic carboxylic acids is 1. The molecule has 0 aliphatic heterocycles. The lowest BCUT2D eigenvalue weighted by Gasteiger charge is -2.25. The summed E-state index contributed by atoms with van der Waals surface area (Å²) < 4.78 is 13.5. The summed E-state index contributed by atoms with van der Waals surface area (Å²) in [5, 5.41) is 14.3. The molecule has 0 bridgehead atoms. The van der Waals surface area contributed by atoms with E-state index in [1.54, 1.807) is 36.4 Å². The molecule has 0 aliphatic rings.